The Balaban J connectivity index is 2.02. The summed E-state index contributed by atoms with van der Waals surface area (Å²) in [6, 6.07) is 14.6. The molecule has 0 N–H and O–H groups in total. The van der Waals surface area contributed by atoms with Crippen LogP contribution >= 0.6 is 23.2 Å². The molecule has 112 valence electrons. The maximum atomic E-state index is 12.4. The largest absolute Gasteiger partial charge is 0.272 e. The summed E-state index contributed by atoms with van der Waals surface area (Å²) < 4.78 is 0. The minimum atomic E-state index is -0.137. The van der Waals surface area contributed by atoms with Crippen molar-refractivity contribution < 1.29 is 4.79 Å². The van der Waals surface area contributed by atoms with Crippen molar-refractivity contribution in [3.8, 4) is 0 Å². The van der Waals surface area contributed by atoms with Gasteiger partial charge in [-0.3, -0.25) is 4.79 Å². The average molecular weight is 333 g/mol. The summed E-state index contributed by atoms with van der Waals surface area (Å²) in [5, 5.41) is 7.21. The number of hydrogen-bond donors (Lipinski definition) is 0. The predicted octanol–water partition coefficient (Wildman–Crippen LogP) is 4.77. The smallest absolute Gasteiger partial charge is 0.250 e. The van der Waals surface area contributed by atoms with E-state index in [0.29, 0.717) is 22.2 Å². The number of rotatable bonds is 2. The van der Waals surface area contributed by atoms with Gasteiger partial charge in [-0.15, -0.1) is 0 Å². The van der Waals surface area contributed by atoms with Crippen molar-refractivity contribution >= 4 is 40.5 Å². The number of benzene rings is 2. The fraction of sp³-hybridized carbons (Fsp3) is 0.176. The number of anilines is 1. The lowest BCUT2D eigenvalue weighted by molar-refractivity contribution is -0.122. The van der Waals surface area contributed by atoms with E-state index in [2.05, 4.69) is 5.10 Å². The molecular weight excluding hydrogens is 319 g/mol. The van der Waals surface area contributed by atoms with E-state index >= 15 is 0 Å². The summed E-state index contributed by atoms with van der Waals surface area (Å²) >= 11 is 11.9. The van der Waals surface area contributed by atoms with Gasteiger partial charge in [0.25, 0.3) is 5.91 Å². The Bertz CT molecular complexity index is 741. The Labute approximate surface area is 139 Å². The Morgan fingerprint density at radius 3 is 2.50 bits per heavy atom. The Morgan fingerprint density at radius 2 is 1.82 bits per heavy atom. The third-order valence-corrected chi connectivity index (χ3v) is 4.07. The van der Waals surface area contributed by atoms with Crippen molar-refractivity contribution in [1.82, 2.24) is 0 Å². The fourth-order valence-corrected chi connectivity index (χ4v) is 2.72. The molecule has 0 saturated heterocycles. The highest BCUT2D eigenvalue weighted by Crippen LogP contribution is 2.27. The average Bonchev–Trinajstić information content (AvgIpc) is 2.50. The molecule has 1 heterocycles. The van der Waals surface area contributed by atoms with Crippen molar-refractivity contribution in [3.05, 3.63) is 64.1 Å². The zero-order valence-electron chi connectivity index (χ0n) is 12.0. The summed E-state index contributed by atoms with van der Waals surface area (Å²) in [4.78, 5) is 12.4. The second-order valence-electron chi connectivity index (χ2n) is 5.29. The zero-order valence-corrected chi connectivity index (χ0v) is 13.5. The van der Waals surface area contributed by atoms with Crippen molar-refractivity contribution in [2.75, 3.05) is 5.01 Å². The van der Waals surface area contributed by atoms with Crippen LogP contribution in [0.2, 0.25) is 10.0 Å². The first-order valence-corrected chi connectivity index (χ1v) is 7.73. The lowest BCUT2D eigenvalue weighted by Gasteiger charge is -2.27. The predicted molar refractivity (Wildman–Crippen MR) is 90.7 cm³/mol. The van der Waals surface area contributed by atoms with Gasteiger partial charge in [-0.05, 0) is 35.9 Å². The first-order valence-electron chi connectivity index (χ1n) is 6.97. The summed E-state index contributed by atoms with van der Waals surface area (Å²) in [5.41, 5.74) is 2.51. The quantitative estimate of drug-likeness (QED) is 0.779. The van der Waals surface area contributed by atoms with Crippen molar-refractivity contribution in [3.63, 3.8) is 0 Å². The maximum Gasteiger partial charge on any atom is 0.250 e. The summed E-state index contributed by atoms with van der Waals surface area (Å²) in [7, 11) is 0. The van der Waals surface area contributed by atoms with E-state index in [9.17, 15) is 4.79 Å². The zero-order chi connectivity index (χ0) is 15.7. The van der Waals surface area contributed by atoms with Gasteiger partial charge in [0.2, 0.25) is 0 Å². The molecule has 0 bridgehead atoms. The minimum Gasteiger partial charge on any atom is -0.272 e. The molecule has 0 spiro atoms. The van der Waals surface area contributed by atoms with Crippen LogP contribution in [-0.2, 0) is 4.79 Å². The number of halogens is 2. The van der Waals surface area contributed by atoms with Crippen LogP contribution in [0, 0.1) is 5.92 Å². The van der Waals surface area contributed by atoms with Gasteiger partial charge in [-0.1, -0.05) is 48.3 Å². The SMILES string of the molecule is CC1CC(c2ccc(Cl)cc2)=NN(c2cccc(Cl)c2)C1=O. The molecule has 1 amide bonds. The lowest BCUT2D eigenvalue weighted by Crippen LogP contribution is -2.37. The molecule has 1 aliphatic rings. The van der Waals surface area contributed by atoms with E-state index in [0.717, 1.165) is 11.3 Å². The molecule has 0 aromatic heterocycles. The van der Waals surface area contributed by atoms with Gasteiger partial charge in [0.15, 0.2) is 0 Å². The molecule has 0 saturated carbocycles. The lowest BCUT2D eigenvalue weighted by atomic mass is 9.96. The van der Waals surface area contributed by atoms with Gasteiger partial charge in [0.05, 0.1) is 11.4 Å². The molecular formula is C17H14Cl2N2O. The number of nitrogens with zero attached hydrogens (tertiary/aromatic N) is 2. The van der Waals surface area contributed by atoms with E-state index in [1.54, 1.807) is 12.1 Å². The van der Waals surface area contributed by atoms with E-state index in [1.165, 1.54) is 5.01 Å². The van der Waals surface area contributed by atoms with Crippen LogP contribution in [-0.4, -0.2) is 11.6 Å². The topological polar surface area (TPSA) is 32.7 Å². The Morgan fingerprint density at radius 1 is 1.09 bits per heavy atom. The summed E-state index contributed by atoms with van der Waals surface area (Å²) in [6.07, 6.45) is 0.609. The van der Waals surface area contributed by atoms with E-state index in [-0.39, 0.29) is 11.8 Å². The van der Waals surface area contributed by atoms with E-state index in [4.69, 9.17) is 23.2 Å². The molecule has 0 radical (unpaired) electrons. The molecule has 1 atom stereocenters. The third-order valence-electron chi connectivity index (χ3n) is 3.58. The van der Waals surface area contributed by atoms with E-state index in [1.807, 2.05) is 43.3 Å². The highest BCUT2D eigenvalue weighted by atomic mass is 35.5. The Kier molecular flexibility index (Phi) is 4.19. The minimum absolute atomic E-state index is 0.0278. The first kappa shape index (κ1) is 15.1. The van der Waals surface area contributed by atoms with Gasteiger partial charge < -0.3 is 0 Å². The first-order chi connectivity index (χ1) is 10.5. The highest BCUT2D eigenvalue weighted by Gasteiger charge is 2.29. The van der Waals surface area contributed by atoms with Crippen LogP contribution in [0.5, 0.6) is 0 Å². The van der Waals surface area contributed by atoms with Crippen LogP contribution in [0.15, 0.2) is 53.6 Å². The van der Waals surface area contributed by atoms with Gasteiger partial charge in [0, 0.05) is 22.4 Å². The molecule has 3 rings (SSSR count). The third kappa shape index (κ3) is 3.01. The van der Waals surface area contributed by atoms with Crippen molar-refractivity contribution in [2.24, 2.45) is 11.0 Å². The van der Waals surface area contributed by atoms with Crippen LogP contribution in [0.4, 0.5) is 5.69 Å². The monoisotopic (exact) mass is 332 g/mol. The summed E-state index contributed by atoms with van der Waals surface area (Å²) in [6.45, 7) is 1.91. The van der Waals surface area contributed by atoms with Gasteiger partial charge in [-0.25, -0.2) is 5.01 Å². The highest BCUT2D eigenvalue weighted by molar-refractivity contribution is 6.31. The standard InChI is InChI=1S/C17H14Cl2N2O/c1-11-9-16(12-5-7-13(18)8-6-12)20-21(17(11)22)15-4-2-3-14(19)10-15/h2-8,10-11H,9H2,1H3. The van der Waals surface area contributed by atoms with Gasteiger partial charge in [0.1, 0.15) is 0 Å². The van der Waals surface area contributed by atoms with Crippen molar-refractivity contribution in [2.45, 2.75) is 13.3 Å². The number of carbonyl (C=O) groups excluding carboxylic acids is 1. The maximum absolute atomic E-state index is 12.4. The molecule has 5 heteroatoms. The molecule has 1 aliphatic heterocycles. The number of amides is 1. The second-order valence-corrected chi connectivity index (χ2v) is 6.16. The molecule has 2 aromatic carbocycles. The number of hydrogen-bond acceptors (Lipinski definition) is 2. The summed E-state index contributed by atoms with van der Waals surface area (Å²) in [5.74, 6) is -0.165. The van der Waals surface area contributed by atoms with E-state index < -0.39 is 0 Å². The molecule has 1 unspecified atom stereocenters. The number of carbonyl (C=O) groups is 1. The Hall–Kier alpha value is -1.84. The number of hydrazone groups is 1. The van der Waals surface area contributed by atoms with Crippen LogP contribution in [0.3, 0.4) is 0 Å². The second kappa shape index (κ2) is 6.11. The fourth-order valence-electron chi connectivity index (χ4n) is 2.41. The van der Waals surface area contributed by atoms with Crippen LogP contribution in [0.1, 0.15) is 18.9 Å². The van der Waals surface area contributed by atoms with Gasteiger partial charge >= 0.3 is 0 Å². The molecule has 3 nitrogen and oxygen atoms in total. The molecule has 0 fully saturated rings. The molecule has 0 aliphatic carbocycles. The normalized spacial score (nSPS) is 18.3. The molecule has 22 heavy (non-hydrogen) atoms. The van der Waals surface area contributed by atoms with Crippen LogP contribution in [0.25, 0.3) is 0 Å². The van der Waals surface area contributed by atoms with Gasteiger partial charge in [-0.2, -0.15) is 5.10 Å². The molecule has 2 aromatic rings. The van der Waals surface area contributed by atoms with Crippen LogP contribution < -0.4 is 5.01 Å². The van der Waals surface area contributed by atoms with Crippen molar-refractivity contribution in [1.29, 1.82) is 0 Å².